The number of aryl methyl sites for hydroxylation is 2. The van der Waals surface area contributed by atoms with Crippen LogP contribution in [0.4, 0.5) is 0 Å². The second-order valence-electron chi connectivity index (χ2n) is 5.60. The van der Waals surface area contributed by atoms with Crippen LogP contribution in [0.1, 0.15) is 21.7 Å². The average Bonchev–Trinajstić information content (AvgIpc) is 3.10. The number of nitrogens with zero attached hydrogens (tertiary/aromatic N) is 3. The smallest absolute Gasteiger partial charge is 0.289 e. The van der Waals surface area contributed by atoms with Gasteiger partial charge in [0.2, 0.25) is 0 Å². The summed E-state index contributed by atoms with van der Waals surface area (Å²) in [6.07, 6.45) is 3.64. The first kappa shape index (κ1) is 15.1. The quantitative estimate of drug-likeness (QED) is 0.743. The molecule has 0 saturated heterocycles. The lowest BCUT2D eigenvalue weighted by atomic mass is 10.1. The summed E-state index contributed by atoms with van der Waals surface area (Å²) in [6.45, 7) is 2.36. The molecule has 3 aromatic rings. The first-order valence-electron chi connectivity index (χ1n) is 7.29. The second-order valence-corrected chi connectivity index (χ2v) is 5.60. The van der Waals surface area contributed by atoms with Crippen LogP contribution in [-0.4, -0.2) is 34.7 Å². The van der Waals surface area contributed by atoms with Crippen molar-refractivity contribution in [1.82, 2.24) is 14.7 Å². The maximum absolute atomic E-state index is 12.7. The standard InChI is InChI=1S/C17H19N3O3/c1-11-14-7-13(22-4)5-6-15(14)23-16(11)17(21)19(2)9-12-8-18-20(3)10-12/h5-8,10H,9H2,1-4H3. The van der Waals surface area contributed by atoms with Crippen molar-refractivity contribution in [2.24, 2.45) is 7.05 Å². The Bertz CT molecular complexity index is 863. The van der Waals surface area contributed by atoms with Crippen LogP contribution in [0.3, 0.4) is 0 Å². The number of furan rings is 1. The zero-order valence-electron chi connectivity index (χ0n) is 13.7. The number of hydrogen-bond donors (Lipinski definition) is 0. The zero-order chi connectivity index (χ0) is 16.6. The van der Waals surface area contributed by atoms with Crippen LogP contribution in [0, 0.1) is 6.92 Å². The fraction of sp³-hybridized carbons (Fsp3) is 0.294. The molecule has 1 amide bonds. The number of carbonyl (C=O) groups is 1. The number of aromatic nitrogens is 2. The molecule has 0 atom stereocenters. The Labute approximate surface area is 134 Å². The maximum Gasteiger partial charge on any atom is 0.289 e. The maximum atomic E-state index is 12.7. The van der Waals surface area contributed by atoms with Crippen molar-refractivity contribution in [3.05, 3.63) is 47.5 Å². The predicted octanol–water partition coefficient (Wildman–Crippen LogP) is 2.76. The van der Waals surface area contributed by atoms with Crippen molar-refractivity contribution in [2.45, 2.75) is 13.5 Å². The molecule has 6 nitrogen and oxygen atoms in total. The van der Waals surface area contributed by atoms with E-state index in [-0.39, 0.29) is 5.91 Å². The van der Waals surface area contributed by atoms with E-state index in [1.165, 1.54) is 0 Å². The van der Waals surface area contributed by atoms with Gasteiger partial charge < -0.3 is 14.1 Å². The van der Waals surface area contributed by atoms with Gasteiger partial charge in [0, 0.05) is 43.4 Å². The number of amides is 1. The minimum Gasteiger partial charge on any atom is -0.497 e. The molecular formula is C17H19N3O3. The first-order valence-corrected chi connectivity index (χ1v) is 7.29. The van der Waals surface area contributed by atoms with E-state index in [1.807, 2.05) is 38.4 Å². The largest absolute Gasteiger partial charge is 0.497 e. The summed E-state index contributed by atoms with van der Waals surface area (Å²) in [6, 6.07) is 5.52. The van der Waals surface area contributed by atoms with E-state index in [2.05, 4.69) is 5.10 Å². The topological polar surface area (TPSA) is 60.5 Å². The highest BCUT2D eigenvalue weighted by Gasteiger charge is 2.21. The van der Waals surface area contributed by atoms with Gasteiger partial charge in [-0.05, 0) is 25.1 Å². The van der Waals surface area contributed by atoms with Crippen molar-refractivity contribution < 1.29 is 13.9 Å². The van der Waals surface area contributed by atoms with E-state index >= 15 is 0 Å². The SMILES string of the molecule is COc1ccc2oc(C(=O)N(C)Cc3cnn(C)c3)c(C)c2c1. The molecule has 23 heavy (non-hydrogen) atoms. The molecule has 120 valence electrons. The number of fused-ring (bicyclic) bond motifs is 1. The van der Waals surface area contributed by atoms with Crippen LogP contribution in [0.25, 0.3) is 11.0 Å². The number of carbonyl (C=O) groups excluding carboxylic acids is 1. The zero-order valence-corrected chi connectivity index (χ0v) is 13.7. The fourth-order valence-corrected chi connectivity index (χ4v) is 2.60. The lowest BCUT2D eigenvalue weighted by Crippen LogP contribution is -2.26. The van der Waals surface area contributed by atoms with Gasteiger partial charge in [-0.15, -0.1) is 0 Å². The molecule has 1 aromatic carbocycles. The van der Waals surface area contributed by atoms with Gasteiger partial charge >= 0.3 is 0 Å². The highest BCUT2D eigenvalue weighted by atomic mass is 16.5. The molecule has 6 heteroatoms. The molecule has 0 unspecified atom stereocenters. The van der Waals surface area contributed by atoms with Gasteiger partial charge in [0.1, 0.15) is 11.3 Å². The monoisotopic (exact) mass is 313 g/mol. The van der Waals surface area contributed by atoms with E-state index in [0.717, 1.165) is 22.3 Å². The van der Waals surface area contributed by atoms with E-state index in [9.17, 15) is 4.79 Å². The minimum absolute atomic E-state index is 0.151. The van der Waals surface area contributed by atoms with Gasteiger partial charge in [-0.1, -0.05) is 0 Å². The van der Waals surface area contributed by atoms with Gasteiger partial charge in [0.05, 0.1) is 13.3 Å². The third-order valence-electron chi connectivity index (χ3n) is 3.86. The minimum atomic E-state index is -0.151. The van der Waals surface area contributed by atoms with Crippen molar-refractivity contribution >= 4 is 16.9 Å². The van der Waals surface area contributed by atoms with Crippen LogP contribution in [0.2, 0.25) is 0 Å². The van der Waals surface area contributed by atoms with Crippen LogP contribution in [-0.2, 0) is 13.6 Å². The summed E-state index contributed by atoms with van der Waals surface area (Å²) in [4.78, 5) is 14.3. The summed E-state index contributed by atoms with van der Waals surface area (Å²) >= 11 is 0. The molecule has 3 rings (SSSR count). The molecule has 0 aliphatic heterocycles. The molecule has 2 aromatic heterocycles. The Kier molecular flexibility index (Phi) is 3.82. The number of benzene rings is 1. The van der Waals surface area contributed by atoms with Crippen LogP contribution in [0.5, 0.6) is 5.75 Å². The number of methoxy groups -OCH3 is 1. The van der Waals surface area contributed by atoms with E-state index < -0.39 is 0 Å². The molecule has 2 heterocycles. The first-order chi connectivity index (χ1) is 11.0. The second kappa shape index (κ2) is 5.79. The fourth-order valence-electron chi connectivity index (χ4n) is 2.60. The van der Waals surface area contributed by atoms with E-state index in [1.54, 1.807) is 29.9 Å². The third kappa shape index (κ3) is 2.79. The van der Waals surface area contributed by atoms with Crippen molar-refractivity contribution in [1.29, 1.82) is 0 Å². The Morgan fingerprint density at radius 3 is 2.87 bits per heavy atom. The highest BCUT2D eigenvalue weighted by molar-refractivity contribution is 5.99. The summed E-state index contributed by atoms with van der Waals surface area (Å²) in [5, 5.41) is 5.01. The summed E-state index contributed by atoms with van der Waals surface area (Å²) < 4.78 is 12.7. The van der Waals surface area contributed by atoms with Gasteiger partial charge in [0.15, 0.2) is 5.76 Å². The molecule has 0 fully saturated rings. The molecule has 0 N–H and O–H groups in total. The van der Waals surface area contributed by atoms with Crippen LogP contribution < -0.4 is 4.74 Å². The third-order valence-corrected chi connectivity index (χ3v) is 3.86. The molecule has 0 bridgehead atoms. The van der Waals surface area contributed by atoms with Gasteiger partial charge in [-0.25, -0.2) is 0 Å². The molecule has 0 spiro atoms. The van der Waals surface area contributed by atoms with Crippen LogP contribution in [0.15, 0.2) is 35.0 Å². The molecule has 0 saturated carbocycles. The van der Waals surface area contributed by atoms with Gasteiger partial charge in [0.25, 0.3) is 5.91 Å². The molecule has 0 radical (unpaired) electrons. The highest BCUT2D eigenvalue weighted by Crippen LogP contribution is 2.29. The van der Waals surface area contributed by atoms with Crippen molar-refractivity contribution in [3.63, 3.8) is 0 Å². The lowest BCUT2D eigenvalue weighted by molar-refractivity contribution is 0.0755. The summed E-state index contributed by atoms with van der Waals surface area (Å²) in [5.41, 5.74) is 2.47. The molecule has 0 aliphatic rings. The Morgan fingerprint density at radius 1 is 1.43 bits per heavy atom. The molecular weight excluding hydrogens is 294 g/mol. The average molecular weight is 313 g/mol. The van der Waals surface area contributed by atoms with Crippen LogP contribution >= 0.6 is 0 Å². The molecule has 0 aliphatic carbocycles. The van der Waals surface area contributed by atoms with E-state index in [0.29, 0.717) is 17.9 Å². The Morgan fingerprint density at radius 2 is 2.22 bits per heavy atom. The Balaban J connectivity index is 1.89. The van der Waals surface area contributed by atoms with Crippen molar-refractivity contribution in [3.8, 4) is 5.75 Å². The normalized spacial score (nSPS) is 11.0. The van der Waals surface area contributed by atoms with E-state index in [4.69, 9.17) is 9.15 Å². The number of ether oxygens (including phenoxy) is 1. The van der Waals surface area contributed by atoms with Gasteiger partial charge in [-0.3, -0.25) is 9.48 Å². The number of hydrogen-bond acceptors (Lipinski definition) is 4. The van der Waals surface area contributed by atoms with Crippen molar-refractivity contribution in [2.75, 3.05) is 14.2 Å². The summed E-state index contributed by atoms with van der Waals surface area (Å²) in [5.74, 6) is 0.949. The predicted molar refractivity (Wildman–Crippen MR) is 86.5 cm³/mol. The van der Waals surface area contributed by atoms with Gasteiger partial charge in [-0.2, -0.15) is 5.10 Å². The Hall–Kier alpha value is -2.76. The number of rotatable bonds is 4. The summed E-state index contributed by atoms with van der Waals surface area (Å²) in [7, 11) is 5.22. The lowest BCUT2D eigenvalue weighted by Gasteiger charge is -2.14.